The van der Waals surface area contributed by atoms with Gasteiger partial charge in [-0.05, 0) is 66.7 Å². The van der Waals surface area contributed by atoms with Crippen LogP contribution < -0.4 is 4.72 Å². The third-order valence-electron chi connectivity index (χ3n) is 4.98. The lowest BCUT2D eigenvalue weighted by Gasteiger charge is -2.07. The van der Waals surface area contributed by atoms with E-state index in [1.165, 1.54) is 30.6 Å². The molecule has 0 bridgehead atoms. The van der Waals surface area contributed by atoms with Crippen LogP contribution in [0.3, 0.4) is 0 Å². The van der Waals surface area contributed by atoms with E-state index in [1.54, 1.807) is 48.7 Å². The molecule has 0 aliphatic carbocycles. The summed E-state index contributed by atoms with van der Waals surface area (Å²) >= 11 is 0. The van der Waals surface area contributed by atoms with Crippen LogP contribution in [0.1, 0.15) is 11.1 Å². The second-order valence-corrected chi connectivity index (χ2v) is 9.00. The Hall–Kier alpha value is -4.55. The Balaban J connectivity index is 1.37. The Morgan fingerprint density at radius 2 is 1.68 bits per heavy atom. The third kappa shape index (κ3) is 4.48. The molecule has 0 aliphatic heterocycles. The average Bonchev–Trinajstić information content (AvgIpc) is 3.28. The fraction of sp³-hybridized carbons (Fsp3) is 0. The zero-order chi connectivity index (χ0) is 23.5. The summed E-state index contributed by atoms with van der Waals surface area (Å²) in [6.07, 6.45) is 4.42. The molecule has 34 heavy (non-hydrogen) atoms. The number of nitrogens with zero attached hydrogens (tertiary/aromatic N) is 3. The number of fused-ring (bicyclic) bond motifs is 1. The molecule has 3 heterocycles. The molecule has 5 aromatic rings. The highest BCUT2D eigenvalue weighted by atomic mass is 32.2. The van der Waals surface area contributed by atoms with Crippen LogP contribution in [0.4, 0.5) is 10.1 Å². The summed E-state index contributed by atoms with van der Waals surface area (Å²) in [5, 5.41) is 7.92. The fourth-order valence-corrected chi connectivity index (χ4v) is 4.31. The third-order valence-corrected chi connectivity index (χ3v) is 6.34. The van der Waals surface area contributed by atoms with Gasteiger partial charge in [-0.1, -0.05) is 11.8 Å². The number of H-pyrrole nitrogens is 1. The van der Waals surface area contributed by atoms with Gasteiger partial charge in [0, 0.05) is 46.4 Å². The van der Waals surface area contributed by atoms with Crippen LogP contribution in [0.15, 0.2) is 90.2 Å². The molecule has 166 valence electrons. The smallest absolute Gasteiger partial charge is 0.263 e. The number of pyridine rings is 2. The Labute approximate surface area is 194 Å². The van der Waals surface area contributed by atoms with E-state index in [1.807, 2.05) is 6.07 Å². The predicted molar refractivity (Wildman–Crippen MR) is 127 cm³/mol. The van der Waals surface area contributed by atoms with Crippen LogP contribution in [0, 0.1) is 17.7 Å². The van der Waals surface area contributed by atoms with Crippen LogP contribution >= 0.6 is 0 Å². The summed E-state index contributed by atoms with van der Waals surface area (Å²) in [7, 11) is -3.71. The van der Waals surface area contributed by atoms with Gasteiger partial charge in [0.1, 0.15) is 10.7 Å². The second kappa shape index (κ2) is 8.77. The van der Waals surface area contributed by atoms with Crippen LogP contribution in [0.2, 0.25) is 0 Å². The fourth-order valence-electron chi connectivity index (χ4n) is 3.29. The van der Waals surface area contributed by atoms with E-state index in [0.717, 1.165) is 16.6 Å². The molecule has 2 aromatic carbocycles. The van der Waals surface area contributed by atoms with E-state index in [-0.39, 0.29) is 10.7 Å². The first kappa shape index (κ1) is 21.3. The first-order valence-corrected chi connectivity index (χ1v) is 11.6. The highest BCUT2D eigenvalue weighted by molar-refractivity contribution is 7.92. The van der Waals surface area contributed by atoms with Crippen molar-refractivity contribution in [1.82, 2.24) is 20.2 Å². The van der Waals surface area contributed by atoms with Crippen molar-refractivity contribution in [3.8, 4) is 23.1 Å². The minimum Gasteiger partial charge on any atom is -0.280 e. The number of aromatic amines is 1. The maximum Gasteiger partial charge on any atom is 0.263 e. The van der Waals surface area contributed by atoms with Gasteiger partial charge in [0.05, 0.1) is 5.69 Å². The average molecular weight is 470 g/mol. The summed E-state index contributed by atoms with van der Waals surface area (Å²) in [5.74, 6) is 5.80. The van der Waals surface area contributed by atoms with Crippen molar-refractivity contribution in [3.05, 3.63) is 102 Å². The zero-order valence-corrected chi connectivity index (χ0v) is 18.3. The molecule has 0 atom stereocenters. The number of nitrogens with one attached hydrogen (secondary N) is 2. The van der Waals surface area contributed by atoms with E-state index >= 15 is 0 Å². The van der Waals surface area contributed by atoms with Gasteiger partial charge in [0.15, 0.2) is 5.65 Å². The number of anilines is 1. The lowest BCUT2D eigenvalue weighted by atomic mass is 10.1. The molecule has 0 spiro atoms. The summed E-state index contributed by atoms with van der Waals surface area (Å²) in [6, 6.07) is 17.8. The minimum atomic E-state index is -3.71. The lowest BCUT2D eigenvalue weighted by molar-refractivity contribution is 0.601. The second-order valence-electron chi connectivity index (χ2n) is 7.32. The van der Waals surface area contributed by atoms with Crippen LogP contribution in [-0.2, 0) is 10.0 Å². The van der Waals surface area contributed by atoms with Crippen molar-refractivity contribution >= 4 is 26.7 Å². The van der Waals surface area contributed by atoms with Crippen molar-refractivity contribution < 1.29 is 12.8 Å². The topological polar surface area (TPSA) is 101 Å². The SMILES string of the molecule is O=S(=O)(Nc1ccc(C#Cc2cnc3n[nH]c(-c4ccc(F)cc4)c3c2)cc1)c1cccnc1. The molecule has 5 rings (SSSR count). The number of rotatable bonds is 4. The van der Waals surface area contributed by atoms with E-state index in [4.69, 9.17) is 0 Å². The van der Waals surface area contributed by atoms with E-state index in [2.05, 4.69) is 36.7 Å². The molecule has 0 amide bonds. The monoisotopic (exact) mass is 469 g/mol. The van der Waals surface area contributed by atoms with Gasteiger partial charge in [-0.25, -0.2) is 17.8 Å². The standard InChI is InChI=1S/C25H16FN5O2S/c26-20-9-7-19(8-10-20)24-23-14-18(15-28-25(23)30-29-24)4-3-17-5-11-21(12-6-17)31-34(32,33)22-2-1-13-27-16-22/h1-2,5-16,31H,(H,28,29,30). The van der Waals surface area contributed by atoms with Crippen molar-refractivity contribution in [2.75, 3.05) is 4.72 Å². The zero-order valence-electron chi connectivity index (χ0n) is 17.5. The normalized spacial score (nSPS) is 11.1. The molecule has 9 heteroatoms. The van der Waals surface area contributed by atoms with Gasteiger partial charge in [-0.15, -0.1) is 0 Å². The lowest BCUT2D eigenvalue weighted by Crippen LogP contribution is -2.12. The predicted octanol–water partition coefficient (Wildman–Crippen LogP) is 4.36. The molecule has 0 radical (unpaired) electrons. The summed E-state index contributed by atoms with van der Waals surface area (Å²) in [4.78, 5) is 8.26. The molecule has 0 saturated heterocycles. The molecular weight excluding hydrogens is 453 g/mol. The molecule has 3 aromatic heterocycles. The van der Waals surface area contributed by atoms with Crippen molar-refractivity contribution in [3.63, 3.8) is 0 Å². The van der Waals surface area contributed by atoms with Gasteiger partial charge in [-0.3, -0.25) is 14.8 Å². The van der Waals surface area contributed by atoms with Crippen LogP contribution in [0.25, 0.3) is 22.3 Å². The number of benzene rings is 2. The Morgan fingerprint density at radius 1 is 0.912 bits per heavy atom. The maximum absolute atomic E-state index is 13.3. The van der Waals surface area contributed by atoms with Crippen molar-refractivity contribution in [2.24, 2.45) is 0 Å². The molecule has 0 saturated carbocycles. The van der Waals surface area contributed by atoms with Gasteiger partial charge >= 0.3 is 0 Å². The number of hydrogen-bond acceptors (Lipinski definition) is 5. The van der Waals surface area contributed by atoms with Crippen LogP contribution in [-0.4, -0.2) is 28.6 Å². The number of sulfonamides is 1. The molecule has 0 fully saturated rings. The first-order valence-electron chi connectivity index (χ1n) is 10.1. The Kier molecular flexibility index (Phi) is 5.49. The maximum atomic E-state index is 13.3. The van der Waals surface area contributed by atoms with Gasteiger partial charge in [-0.2, -0.15) is 5.10 Å². The molecule has 0 aliphatic rings. The van der Waals surface area contributed by atoms with Crippen molar-refractivity contribution in [2.45, 2.75) is 4.90 Å². The number of aromatic nitrogens is 4. The van der Waals surface area contributed by atoms with Crippen molar-refractivity contribution in [1.29, 1.82) is 0 Å². The van der Waals surface area contributed by atoms with Gasteiger partial charge < -0.3 is 0 Å². The quantitative estimate of drug-likeness (QED) is 0.381. The van der Waals surface area contributed by atoms with Gasteiger partial charge in [0.25, 0.3) is 10.0 Å². The van der Waals surface area contributed by atoms with E-state index in [0.29, 0.717) is 22.5 Å². The molecular formula is C25H16FN5O2S. The number of halogens is 1. The first-order chi connectivity index (χ1) is 16.5. The summed E-state index contributed by atoms with van der Waals surface area (Å²) in [6.45, 7) is 0. The van der Waals surface area contributed by atoms with E-state index < -0.39 is 10.0 Å². The molecule has 7 nitrogen and oxygen atoms in total. The van der Waals surface area contributed by atoms with E-state index in [9.17, 15) is 12.8 Å². The number of hydrogen-bond donors (Lipinski definition) is 2. The Morgan fingerprint density at radius 3 is 2.41 bits per heavy atom. The summed E-state index contributed by atoms with van der Waals surface area (Å²) < 4.78 is 40.6. The van der Waals surface area contributed by atoms with Gasteiger partial charge in [0.2, 0.25) is 0 Å². The summed E-state index contributed by atoms with van der Waals surface area (Å²) in [5.41, 5.74) is 3.86. The molecule has 2 N–H and O–H groups in total. The molecule has 0 unspecified atom stereocenters. The largest absolute Gasteiger partial charge is 0.280 e. The highest BCUT2D eigenvalue weighted by Gasteiger charge is 2.14. The highest BCUT2D eigenvalue weighted by Crippen LogP contribution is 2.26. The Bertz CT molecular complexity index is 1640. The van der Waals surface area contributed by atoms with Crippen LogP contribution in [0.5, 0.6) is 0 Å². The minimum absolute atomic E-state index is 0.0843.